The largest absolute Gasteiger partial charge is 0.497 e. The molecule has 8 rings (SSSR count). The Kier molecular flexibility index (Phi) is 65.1. The van der Waals surface area contributed by atoms with Gasteiger partial charge in [0.25, 0.3) is 0 Å². The molecular weight excluding hydrogens is 2020 g/mol. The molecule has 149 heavy (non-hydrogen) atoms. The van der Waals surface area contributed by atoms with E-state index in [1.807, 2.05) is 209 Å². The molecule has 3 fully saturated rings. The summed E-state index contributed by atoms with van der Waals surface area (Å²) in [6.45, 7) is 44.4. The van der Waals surface area contributed by atoms with Crippen molar-refractivity contribution in [3.8, 4) is 17.2 Å². The number of urea groups is 1. The Bertz CT molecular complexity index is 4510. The van der Waals surface area contributed by atoms with Crippen LogP contribution in [0.15, 0.2) is 133 Å². The second-order valence-electron chi connectivity index (χ2n) is 39.9. The number of thioether (sulfide) groups is 1. The maximum absolute atomic E-state index is 13.4. The summed E-state index contributed by atoms with van der Waals surface area (Å²) in [5.41, 5.74) is 2.06. The summed E-state index contributed by atoms with van der Waals surface area (Å²) >= 11 is 1.85. The zero-order valence-corrected chi connectivity index (χ0v) is 97.6. The van der Waals surface area contributed by atoms with E-state index in [-0.39, 0.29) is 100 Å². The van der Waals surface area contributed by atoms with E-state index >= 15 is 0 Å². The molecule has 43 heteroatoms. The van der Waals surface area contributed by atoms with Gasteiger partial charge in [0, 0.05) is 115 Å². The van der Waals surface area contributed by atoms with Crippen molar-refractivity contribution in [1.82, 2.24) is 41.6 Å². The average molecular weight is 2200 g/mol. The van der Waals surface area contributed by atoms with Gasteiger partial charge >= 0.3 is 37.0 Å². The van der Waals surface area contributed by atoms with E-state index < -0.39 is 65.2 Å². The molecule has 12 atom stereocenters. The normalized spacial score (nSPS) is 18.2. The third-order valence-electron chi connectivity index (χ3n) is 21.8. The van der Waals surface area contributed by atoms with Crippen molar-refractivity contribution in [2.45, 2.75) is 265 Å². The number of carbonyl (C=O) groups is 2. The number of carbonyl (C=O) groups excluding carboxylic acids is 2. The number of amides is 3. The van der Waals surface area contributed by atoms with Crippen LogP contribution in [0.1, 0.15) is 223 Å². The number of nitrogens with one attached hydrogen (secondary N) is 8. The van der Waals surface area contributed by atoms with Crippen LogP contribution < -0.4 is 55.8 Å². The maximum atomic E-state index is 13.4. The van der Waals surface area contributed by atoms with E-state index in [0.717, 1.165) is 77.2 Å². The van der Waals surface area contributed by atoms with E-state index in [1.54, 1.807) is 42.7 Å². The summed E-state index contributed by atoms with van der Waals surface area (Å²) in [7, 11) is -4.28. The van der Waals surface area contributed by atoms with Crippen molar-refractivity contribution < 1.29 is 140 Å². The minimum absolute atomic E-state index is 0.00445. The number of rotatable bonds is 74. The standard InChI is InChI=1S/C31H61N4O11PS.C31H43N2O5P.C23H40NO7P.C21H38NO7P/c1-6-40-16-17-42-20-21-44-23-22-43-19-18-41-15-13-33-47(38,46-31(2,3)4)45-14-11-25(39-5)10-12-32-28(36)9-7-8-27-29-26(24-48-27)34-30(37)35-29;1-25(2)33-39(34,38-30(3,4)5)37-24-23-36-22-21-32-31(26-13-9-7-10-14-26,27-15-11-8-12-16-27)28-17-19-29(35-6)20-18-28;1-18(14-16-26-5)24-32(25,31-23(2,3)4)29-15-8-7-9-21-17-28-22(30-21)19-10-12-20(27-6)13-11-19;1-8-26-16-17(2)15-22-30(23,29-21(3,4)5)28-14-13-27-19-11-9-18(10-12-19)20(24-6)25-7/h25-27,29H,6-24H2,1-5H3,(H,32,36)(H,33,38)(H2,34,35,37);7-20,25,32H,21-24H2,1-6H3,(H,33,34);10-13,18,21-22H,7-9,14-17H2,1-6H3,(H,24,25);9-12,17,20H,8,13-16H2,1-7H3,(H,22,23). The highest BCUT2D eigenvalue weighted by Gasteiger charge is 2.44. The number of hydrogen-bond acceptors (Lipinski definition) is 32. The molecule has 3 aliphatic rings. The fourth-order valence-corrected chi connectivity index (χ4v) is 24.0. The summed E-state index contributed by atoms with van der Waals surface area (Å²) in [4.78, 5) is 23.9. The quantitative estimate of drug-likeness (QED) is 0.00589. The molecule has 5 aromatic carbocycles. The first kappa shape index (κ1) is 134. The highest BCUT2D eigenvalue weighted by Crippen LogP contribution is 2.52. The van der Waals surface area contributed by atoms with E-state index in [2.05, 4.69) is 102 Å². The molecule has 3 saturated heterocycles. The van der Waals surface area contributed by atoms with Gasteiger partial charge in [-0.25, -0.2) is 43.4 Å². The molecule has 0 saturated carbocycles. The Hall–Kier alpha value is -5.53. The zero-order valence-electron chi connectivity index (χ0n) is 93.2. The lowest BCUT2D eigenvalue weighted by Gasteiger charge is -2.37. The van der Waals surface area contributed by atoms with Crippen LogP contribution in [0.5, 0.6) is 17.2 Å². The lowest BCUT2D eigenvalue weighted by atomic mass is 9.77. The molecule has 0 radical (unpaired) electrons. The smallest absolute Gasteiger partial charge is 0.406 e. The van der Waals surface area contributed by atoms with Crippen LogP contribution in [0, 0.1) is 5.92 Å². The van der Waals surface area contributed by atoms with Crippen molar-refractivity contribution in [3.63, 3.8) is 0 Å². The number of unbranched alkanes of at least 4 members (excludes halogenated alkanes) is 1. The van der Waals surface area contributed by atoms with Gasteiger partial charge < -0.3 is 91.7 Å². The van der Waals surface area contributed by atoms with Crippen LogP contribution >= 0.6 is 42.7 Å². The Balaban J connectivity index is 0.000000355. The second-order valence-corrected chi connectivity index (χ2v) is 48.0. The highest BCUT2D eigenvalue weighted by molar-refractivity contribution is 8.00. The number of benzene rings is 5. The molecule has 12 unspecified atom stereocenters. The molecule has 3 aliphatic heterocycles. The number of hydrogen-bond donors (Lipinski definition) is 8. The molecule has 3 amide bonds. The summed E-state index contributed by atoms with van der Waals surface area (Å²) in [6, 6.07) is 44.1. The Morgan fingerprint density at radius 1 is 0.470 bits per heavy atom. The number of methoxy groups -OCH3 is 6. The first-order valence-electron chi connectivity index (χ1n) is 52.0. The van der Waals surface area contributed by atoms with Crippen LogP contribution in [0.4, 0.5) is 4.79 Å². The van der Waals surface area contributed by atoms with Gasteiger partial charge in [-0.2, -0.15) is 11.8 Å². The van der Waals surface area contributed by atoms with Crippen molar-refractivity contribution in [2.75, 3.05) is 213 Å². The van der Waals surface area contributed by atoms with Crippen molar-refractivity contribution in [3.05, 3.63) is 161 Å². The average Bonchev–Trinajstić information content (AvgIpc) is 0.850. The van der Waals surface area contributed by atoms with Crippen LogP contribution in [-0.4, -0.2) is 289 Å². The SMILES string of the molecule is CCOCC(C)CNP(=O)(OCCOc1ccc(C(OC)OC)cc1)OC(C)(C)C.CCOCCOCCOCCOCCOCCNP(=O)(OCCC(CCNC(=O)CCCC1SCC2NC(=O)NC21)OC)OC(C)(C)C.COCCC(C)NP(=O)(OCCCCC1COC(c2ccc(OC)cc2)O1)OC(C)(C)C.COc1ccc(C(NCCOCCOP(=O)(NC(C)C)OC(C)(C)C)(c2ccccc2)c2ccccc2)cc1. The Labute approximate surface area is 893 Å². The minimum Gasteiger partial charge on any atom is -0.497 e. The van der Waals surface area contributed by atoms with Gasteiger partial charge in [0.15, 0.2) is 12.6 Å². The molecular formula is C106H182N8O30P4S. The van der Waals surface area contributed by atoms with E-state index in [1.165, 1.54) is 0 Å². The monoisotopic (exact) mass is 2200 g/mol. The molecule has 3 heterocycles. The minimum atomic E-state index is -3.62. The van der Waals surface area contributed by atoms with Crippen molar-refractivity contribution in [2.24, 2.45) is 5.92 Å². The molecule has 8 N–H and O–H groups in total. The first-order valence-corrected chi connectivity index (χ1v) is 59.2. The van der Waals surface area contributed by atoms with Gasteiger partial charge in [-0.3, -0.25) is 46.3 Å². The summed E-state index contributed by atoms with van der Waals surface area (Å²) < 4.78 is 186. The van der Waals surface area contributed by atoms with Crippen LogP contribution in [0.3, 0.4) is 0 Å². The molecule has 852 valence electrons. The summed E-state index contributed by atoms with van der Waals surface area (Å²) in [6.07, 6.45) is 5.42. The van der Waals surface area contributed by atoms with Gasteiger partial charge in [-0.15, -0.1) is 0 Å². The predicted molar refractivity (Wildman–Crippen MR) is 582 cm³/mol. The van der Waals surface area contributed by atoms with E-state index in [0.29, 0.717) is 162 Å². The van der Waals surface area contributed by atoms with Gasteiger partial charge in [-0.1, -0.05) is 104 Å². The van der Waals surface area contributed by atoms with Gasteiger partial charge in [0.1, 0.15) is 23.9 Å². The van der Waals surface area contributed by atoms with Gasteiger partial charge in [-0.05, 0) is 228 Å². The fourth-order valence-electron chi connectivity index (χ4n) is 15.2. The second kappa shape index (κ2) is 72.4. The third-order valence-corrected chi connectivity index (χ3v) is 31.4. The van der Waals surface area contributed by atoms with Crippen molar-refractivity contribution in [1.29, 1.82) is 0 Å². The summed E-state index contributed by atoms with van der Waals surface area (Å²) in [5.74, 6) is 3.35. The third kappa shape index (κ3) is 57.3. The Morgan fingerprint density at radius 2 is 0.960 bits per heavy atom. The van der Waals surface area contributed by atoms with Crippen molar-refractivity contribution >= 4 is 54.7 Å². The molecule has 0 aromatic heterocycles. The zero-order chi connectivity index (χ0) is 110. The lowest BCUT2D eigenvalue weighted by Crippen LogP contribution is -2.46. The molecule has 0 spiro atoms. The van der Waals surface area contributed by atoms with Crippen LogP contribution in [0.2, 0.25) is 0 Å². The maximum Gasteiger partial charge on any atom is 0.406 e. The molecule has 0 aliphatic carbocycles. The fraction of sp³-hybridized carbons (Fsp3) is 0.698. The number of ether oxygens (including phenoxy) is 16. The van der Waals surface area contributed by atoms with E-state index in [4.69, 9.17) is 112 Å². The van der Waals surface area contributed by atoms with Gasteiger partial charge in [0.2, 0.25) is 5.91 Å². The van der Waals surface area contributed by atoms with Gasteiger partial charge in [0.05, 0.1) is 179 Å². The molecule has 38 nitrogen and oxygen atoms in total. The van der Waals surface area contributed by atoms with E-state index in [9.17, 15) is 27.8 Å². The Morgan fingerprint density at radius 3 is 1.50 bits per heavy atom. The molecule has 0 bridgehead atoms. The predicted octanol–water partition coefficient (Wildman–Crippen LogP) is 19.2. The highest BCUT2D eigenvalue weighted by atomic mass is 32.2. The summed E-state index contributed by atoms with van der Waals surface area (Å²) in [5, 5.41) is 24.8. The lowest BCUT2D eigenvalue weighted by molar-refractivity contribution is -0.121. The van der Waals surface area contributed by atoms with Crippen LogP contribution in [-0.2, 0) is 126 Å². The first-order chi connectivity index (χ1) is 70.9. The topological polar surface area (TPSA) is 420 Å². The number of fused-ring (bicyclic) bond motifs is 1. The molecule has 5 aromatic rings. The van der Waals surface area contributed by atoms with Crippen LogP contribution in [0.25, 0.3) is 0 Å².